The number of rotatable bonds is 5. The summed E-state index contributed by atoms with van der Waals surface area (Å²) in [6, 6.07) is 12.7. The molecular weight excluding hydrogens is 320 g/mol. The van der Waals surface area contributed by atoms with Gasteiger partial charge in [0.25, 0.3) is 5.91 Å². The maximum Gasteiger partial charge on any atom is 0.251 e. The van der Waals surface area contributed by atoms with Gasteiger partial charge in [-0.15, -0.1) is 0 Å². The number of carbonyl (C=O) groups excluding carboxylic acids is 2. The van der Waals surface area contributed by atoms with Crippen LogP contribution in [-0.2, 0) is 11.2 Å². The number of fused-ring (bicyclic) bond motifs is 1. The second-order valence-electron chi connectivity index (χ2n) is 5.75. The molecule has 0 atom stereocenters. The standard InChI is InChI=1S/C19H20N2O4/c1-13(22)21-16-4-2-3-15(12-16)19(23)20-8-7-14-5-6-17-18(11-14)25-10-9-24-17/h2-6,11-12H,7-10H2,1H3,(H,20,23)(H,21,22). The van der Waals surface area contributed by atoms with E-state index in [1.807, 2.05) is 18.2 Å². The minimum atomic E-state index is -0.176. The van der Waals surface area contributed by atoms with Crippen LogP contribution in [0.15, 0.2) is 42.5 Å². The van der Waals surface area contributed by atoms with Crippen molar-refractivity contribution in [2.75, 3.05) is 25.1 Å². The van der Waals surface area contributed by atoms with E-state index >= 15 is 0 Å². The maximum absolute atomic E-state index is 12.2. The third-order valence-corrected chi connectivity index (χ3v) is 3.75. The first-order valence-corrected chi connectivity index (χ1v) is 8.16. The highest BCUT2D eigenvalue weighted by Crippen LogP contribution is 2.30. The quantitative estimate of drug-likeness (QED) is 0.876. The van der Waals surface area contributed by atoms with Crippen molar-refractivity contribution in [3.05, 3.63) is 53.6 Å². The van der Waals surface area contributed by atoms with Crippen LogP contribution >= 0.6 is 0 Å². The second kappa shape index (κ2) is 7.70. The van der Waals surface area contributed by atoms with Crippen LogP contribution in [0.25, 0.3) is 0 Å². The largest absolute Gasteiger partial charge is 0.486 e. The fraction of sp³-hybridized carbons (Fsp3) is 0.263. The Morgan fingerprint density at radius 1 is 1.04 bits per heavy atom. The molecule has 2 aromatic rings. The lowest BCUT2D eigenvalue weighted by molar-refractivity contribution is -0.114. The molecule has 1 aliphatic rings. The van der Waals surface area contributed by atoms with E-state index in [2.05, 4.69) is 10.6 Å². The van der Waals surface area contributed by atoms with Gasteiger partial charge in [0.1, 0.15) is 13.2 Å². The van der Waals surface area contributed by atoms with Gasteiger partial charge in [-0.2, -0.15) is 0 Å². The zero-order valence-corrected chi connectivity index (χ0v) is 14.0. The molecule has 0 spiro atoms. The summed E-state index contributed by atoms with van der Waals surface area (Å²) in [4.78, 5) is 23.3. The lowest BCUT2D eigenvalue weighted by Crippen LogP contribution is -2.25. The van der Waals surface area contributed by atoms with Crippen LogP contribution in [0, 0.1) is 0 Å². The van der Waals surface area contributed by atoms with Crippen molar-refractivity contribution in [2.45, 2.75) is 13.3 Å². The molecule has 1 aliphatic heterocycles. The number of hydrogen-bond acceptors (Lipinski definition) is 4. The molecule has 2 amide bonds. The molecule has 0 saturated heterocycles. The average molecular weight is 340 g/mol. The van der Waals surface area contributed by atoms with E-state index in [9.17, 15) is 9.59 Å². The summed E-state index contributed by atoms with van der Waals surface area (Å²) in [5, 5.41) is 5.55. The van der Waals surface area contributed by atoms with Gasteiger partial charge in [0.15, 0.2) is 11.5 Å². The van der Waals surface area contributed by atoms with Gasteiger partial charge in [-0.05, 0) is 42.3 Å². The van der Waals surface area contributed by atoms with Crippen LogP contribution < -0.4 is 20.1 Å². The van der Waals surface area contributed by atoms with Crippen molar-refractivity contribution in [2.24, 2.45) is 0 Å². The van der Waals surface area contributed by atoms with Crippen molar-refractivity contribution >= 4 is 17.5 Å². The number of anilines is 1. The Bertz CT molecular complexity index is 789. The molecule has 0 aromatic heterocycles. The van der Waals surface area contributed by atoms with E-state index in [4.69, 9.17) is 9.47 Å². The minimum absolute atomic E-state index is 0.170. The van der Waals surface area contributed by atoms with E-state index in [0.29, 0.717) is 37.4 Å². The van der Waals surface area contributed by atoms with Gasteiger partial charge in [-0.1, -0.05) is 12.1 Å². The number of hydrogen-bond donors (Lipinski definition) is 2. The van der Waals surface area contributed by atoms with Crippen molar-refractivity contribution < 1.29 is 19.1 Å². The molecule has 6 nitrogen and oxygen atoms in total. The predicted octanol–water partition coefficient (Wildman–Crippen LogP) is 2.39. The number of benzene rings is 2. The summed E-state index contributed by atoms with van der Waals surface area (Å²) >= 11 is 0. The highest BCUT2D eigenvalue weighted by atomic mass is 16.6. The Balaban J connectivity index is 1.55. The summed E-state index contributed by atoms with van der Waals surface area (Å²) in [6.45, 7) is 3.06. The Morgan fingerprint density at radius 3 is 2.64 bits per heavy atom. The highest BCUT2D eigenvalue weighted by Gasteiger charge is 2.12. The van der Waals surface area contributed by atoms with Crippen LogP contribution in [0.5, 0.6) is 11.5 Å². The third kappa shape index (κ3) is 4.50. The summed E-state index contributed by atoms with van der Waals surface area (Å²) in [6.07, 6.45) is 0.688. The van der Waals surface area contributed by atoms with Crippen LogP contribution in [0.2, 0.25) is 0 Å². The van der Waals surface area contributed by atoms with Gasteiger partial charge < -0.3 is 20.1 Å². The normalized spacial score (nSPS) is 12.4. The summed E-state index contributed by atoms with van der Waals surface area (Å²) in [5.74, 6) is 1.16. The first kappa shape index (κ1) is 16.8. The lowest BCUT2D eigenvalue weighted by atomic mass is 10.1. The SMILES string of the molecule is CC(=O)Nc1cccc(C(=O)NCCc2ccc3c(c2)OCCO3)c1. The molecule has 0 bridgehead atoms. The number of nitrogens with one attached hydrogen (secondary N) is 2. The highest BCUT2D eigenvalue weighted by molar-refractivity contribution is 5.96. The Labute approximate surface area is 146 Å². The van der Waals surface area contributed by atoms with Gasteiger partial charge in [-0.3, -0.25) is 9.59 Å². The van der Waals surface area contributed by atoms with Gasteiger partial charge in [0.05, 0.1) is 0 Å². The fourth-order valence-electron chi connectivity index (χ4n) is 2.61. The monoisotopic (exact) mass is 340 g/mol. The lowest BCUT2D eigenvalue weighted by Gasteiger charge is -2.18. The maximum atomic E-state index is 12.2. The molecule has 0 aliphatic carbocycles. The zero-order chi connectivity index (χ0) is 17.6. The van der Waals surface area contributed by atoms with Gasteiger partial charge in [0.2, 0.25) is 5.91 Å². The molecule has 1 heterocycles. The third-order valence-electron chi connectivity index (χ3n) is 3.75. The smallest absolute Gasteiger partial charge is 0.251 e. The molecule has 2 N–H and O–H groups in total. The Morgan fingerprint density at radius 2 is 1.84 bits per heavy atom. The van der Waals surface area contributed by atoms with Crippen LogP contribution in [0.4, 0.5) is 5.69 Å². The van der Waals surface area contributed by atoms with Gasteiger partial charge >= 0.3 is 0 Å². The van der Waals surface area contributed by atoms with E-state index in [1.54, 1.807) is 24.3 Å². The molecule has 0 radical (unpaired) electrons. The zero-order valence-electron chi connectivity index (χ0n) is 14.0. The number of ether oxygens (including phenoxy) is 2. The summed E-state index contributed by atoms with van der Waals surface area (Å²) < 4.78 is 11.1. The summed E-state index contributed by atoms with van der Waals surface area (Å²) in [5.41, 5.74) is 2.18. The molecule has 6 heteroatoms. The van der Waals surface area contributed by atoms with Crippen molar-refractivity contribution in [1.82, 2.24) is 5.32 Å². The van der Waals surface area contributed by atoms with Crippen LogP contribution in [0.1, 0.15) is 22.8 Å². The van der Waals surface area contributed by atoms with Crippen molar-refractivity contribution in [3.63, 3.8) is 0 Å². The van der Waals surface area contributed by atoms with E-state index in [1.165, 1.54) is 6.92 Å². The van der Waals surface area contributed by atoms with Crippen molar-refractivity contribution in [1.29, 1.82) is 0 Å². The second-order valence-corrected chi connectivity index (χ2v) is 5.75. The Hall–Kier alpha value is -3.02. The topological polar surface area (TPSA) is 76.7 Å². The minimum Gasteiger partial charge on any atom is -0.486 e. The molecule has 0 unspecified atom stereocenters. The molecular formula is C19H20N2O4. The number of amides is 2. The molecule has 2 aromatic carbocycles. The fourth-order valence-corrected chi connectivity index (χ4v) is 2.61. The average Bonchev–Trinajstić information content (AvgIpc) is 2.61. The first-order chi connectivity index (χ1) is 12.1. The number of carbonyl (C=O) groups is 2. The Kier molecular flexibility index (Phi) is 5.18. The molecule has 3 rings (SSSR count). The van der Waals surface area contributed by atoms with Gasteiger partial charge in [0, 0.05) is 24.7 Å². The van der Waals surface area contributed by atoms with E-state index < -0.39 is 0 Å². The van der Waals surface area contributed by atoms with Gasteiger partial charge in [-0.25, -0.2) is 0 Å². The molecule has 130 valence electrons. The predicted molar refractivity (Wildman–Crippen MR) is 94.2 cm³/mol. The van der Waals surface area contributed by atoms with Crippen molar-refractivity contribution in [3.8, 4) is 11.5 Å². The van der Waals surface area contributed by atoms with E-state index in [-0.39, 0.29) is 11.8 Å². The van der Waals surface area contributed by atoms with Crippen LogP contribution in [-0.4, -0.2) is 31.6 Å². The molecule has 0 saturated carbocycles. The molecule has 25 heavy (non-hydrogen) atoms. The molecule has 0 fully saturated rings. The van der Waals surface area contributed by atoms with E-state index in [0.717, 1.165) is 17.1 Å². The van der Waals surface area contributed by atoms with Crippen LogP contribution in [0.3, 0.4) is 0 Å². The summed E-state index contributed by atoms with van der Waals surface area (Å²) in [7, 11) is 0. The first-order valence-electron chi connectivity index (χ1n) is 8.16.